The monoisotopic (exact) mass is 323 g/mol. The molecule has 0 aliphatic carbocycles. The van der Waals surface area contributed by atoms with Gasteiger partial charge in [0.2, 0.25) is 0 Å². The summed E-state index contributed by atoms with van der Waals surface area (Å²) in [5, 5.41) is 0. The molecule has 1 fully saturated rings. The minimum Gasteiger partial charge on any atom is -0.364 e. The first-order chi connectivity index (χ1) is 11.6. The number of aromatic nitrogens is 1. The van der Waals surface area contributed by atoms with E-state index in [0.29, 0.717) is 11.6 Å². The van der Waals surface area contributed by atoms with E-state index in [1.165, 1.54) is 5.56 Å². The van der Waals surface area contributed by atoms with E-state index in [4.69, 9.17) is 0 Å². The van der Waals surface area contributed by atoms with Crippen LogP contribution in [0.3, 0.4) is 0 Å². The average molecular weight is 323 g/mol. The number of amides is 1. The molecule has 0 N–H and O–H groups in total. The molecule has 1 aliphatic heterocycles. The van der Waals surface area contributed by atoms with Crippen LogP contribution in [-0.2, 0) is 6.54 Å². The summed E-state index contributed by atoms with van der Waals surface area (Å²) in [7, 11) is 0. The molecule has 0 saturated carbocycles. The summed E-state index contributed by atoms with van der Waals surface area (Å²) in [6, 6.07) is 12.7. The lowest BCUT2D eigenvalue weighted by molar-refractivity contribution is 0.0792. The standard InChI is InChI=1S/C20H25N3O/c1-16(2)23(15-17-8-4-3-5-9-17)19-12-18(13-21-14-19)20(24)22-10-6-7-11-22/h3-5,8-9,12-14,16H,6-7,10-11,15H2,1-2H3. The Hall–Kier alpha value is -2.36. The van der Waals surface area contributed by atoms with Crippen LogP contribution < -0.4 is 4.90 Å². The van der Waals surface area contributed by atoms with Gasteiger partial charge in [-0.25, -0.2) is 0 Å². The fourth-order valence-electron chi connectivity index (χ4n) is 3.16. The lowest BCUT2D eigenvalue weighted by Gasteiger charge is -2.29. The maximum Gasteiger partial charge on any atom is 0.255 e. The smallest absolute Gasteiger partial charge is 0.255 e. The van der Waals surface area contributed by atoms with Crippen LogP contribution in [0, 0.1) is 0 Å². The Morgan fingerprint density at radius 3 is 2.54 bits per heavy atom. The Morgan fingerprint density at radius 2 is 1.88 bits per heavy atom. The van der Waals surface area contributed by atoms with Crippen molar-refractivity contribution in [2.24, 2.45) is 0 Å². The van der Waals surface area contributed by atoms with Crippen molar-refractivity contribution in [3.05, 3.63) is 59.9 Å². The Labute approximate surface area is 144 Å². The molecule has 1 saturated heterocycles. The summed E-state index contributed by atoms with van der Waals surface area (Å²) in [6.45, 7) is 6.86. The molecule has 3 rings (SSSR count). The second-order valence-corrected chi connectivity index (χ2v) is 6.64. The average Bonchev–Trinajstić information content (AvgIpc) is 3.14. The minimum absolute atomic E-state index is 0.102. The van der Waals surface area contributed by atoms with Gasteiger partial charge in [0.15, 0.2) is 0 Å². The number of anilines is 1. The number of carbonyl (C=O) groups is 1. The highest BCUT2D eigenvalue weighted by atomic mass is 16.2. The molecule has 4 heteroatoms. The van der Waals surface area contributed by atoms with Crippen molar-refractivity contribution in [1.82, 2.24) is 9.88 Å². The highest BCUT2D eigenvalue weighted by molar-refractivity contribution is 5.95. The molecule has 1 aromatic carbocycles. The van der Waals surface area contributed by atoms with Crippen molar-refractivity contribution in [3.63, 3.8) is 0 Å². The van der Waals surface area contributed by atoms with Crippen molar-refractivity contribution in [1.29, 1.82) is 0 Å². The van der Waals surface area contributed by atoms with Gasteiger partial charge in [-0.05, 0) is 38.3 Å². The molecule has 0 radical (unpaired) electrons. The first-order valence-electron chi connectivity index (χ1n) is 8.70. The topological polar surface area (TPSA) is 36.4 Å². The molecule has 2 aromatic rings. The maximum absolute atomic E-state index is 12.6. The normalized spacial score (nSPS) is 14.2. The molecule has 126 valence electrons. The Balaban J connectivity index is 1.83. The fourth-order valence-corrected chi connectivity index (χ4v) is 3.16. The van der Waals surface area contributed by atoms with Crippen molar-refractivity contribution in [3.8, 4) is 0 Å². The minimum atomic E-state index is 0.102. The van der Waals surface area contributed by atoms with Crippen molar-refractivity contribution < 1.29 is 4.79 Å². The summed E-state index contributed by atoms with van der Waals surface area (Å²) in [6.07, 6.45) is 5.74. The third-order valence-corrected chi connectivity index (χ3v) is 4.51. The van der Waals surface area contributed by atoms with Crippen LogP contribution in [0.15, 0.2) is 48.8 Å². The number of rotatable bonds is 5. The lowest BCUT2D eigenvalue weighted by atomic mass is 10.1. The highest BCUT2D eigenvalue weighted by Crippen LogP contribution is 2.22. The number of pyridine rings is 1. The molecule has 0 unspecified atom stereocenters. The molecule has 2 heterocycles. The van der Waals surface area contributed by atoms with Gasteiger partial charge in [-0.1, -0.05) is 30.3 Å². The number of benzene rings is 1. The molecule has 24 heavy (non-hydrogen) atoms. The summed E-state index contributed by atoms with van der Waals surface area (Å²) < 4.78 is 0. The molecule has 4 nitrogen and oxygen atoms in total. The molecular weight excluding hydrogens is 298 g/mol. The summed E-state index contributed by atoms with van der Waals surface area (Å²) in [4.78, 5) is 21.2. The van der Waals surface area contributed by atoms with E-state index >= 15 is 0 Å². The van der Waals surface area contributed by atoms with E-state index < -0.39 is 0 Å². The van der Waals surface area contributed by atoms with E-state index in [9.17, 15) is 4.79 Å². The Kier molecular flexibility index (Phi) is 5.14. The highest BCUT2D eigenvalue weighted by Gasteiger charge is 2.21. The number of carbonyl (C=O) groups excluding carboxylic acids is 1. The van der Waals surface area contributed by atoms with Gasteiger partial charge in [-0.15, -0.1) is 0 Å². The number of nitrogens with zero attached hydrogens (tertiary/aromatic N) is 3. The second-order valence-electron chi connectivity index (χ2n) is 6.64. The van der Waals surface area contributed by atoms with Gasteiger partial charge in [0.05, 0.1) is 17.4 Å². The van der Waals surface area contributed by atoms with Gasteiger partial charge in [0, 0.05) is 31.9 Å². The van der Waals surface area contributed by atoms with E-state index in [1.807, 2.05) is 23.2 Å². The molecular formula is C20H25N3O. The van der Waals surface area contributed by atoms with Gasteiger partial charge < -0.3 is 9.80 Å². The summed E-state index contributed by atoms with van der Waals surface area (Å²) in [5.74, 6) is 0.102. The molecule has 0 bridgehead atoms. The van der Waals surface area contributed by atoms with E-state index in [-0.39, 0.29) is 5.91 Å². The zero-order chi connectivity index (χ0) is 16.9. The third-order valence-electron chi connectivity index (χ3n) is 4.51. The Morgan fingerprint density at radius 1 is 1.17 bits per heavy atom. The summed E-state index contributed by atoms with van der Waals surface area (Å²) in [5.41, 5.74) is 2.94. The molecule has 0 atom stereocenters. The number of likely N-dealkylation sites (tertiary alicyclic amines) is 1. The molecule has 1 amide bonds. The quantitative estimate of drug-likeness (QED) is 0.841. The SMILES string of the molecule is CC(C)N(Cc1ccccc1)c1cncc(C(=O)N2CCCC2)c1. The third kappa shape index (κ3) is 3.75. The van der Waals surface area contributed by atoms with E-state index in [1.54, 1.807) is 6.20 Å². The van der Waals surface area contributed by atoms with Crippen LogP contribution in [0.25, 0.3) is 0 Å². The number of hydrogen-bond donors (Lipinski definition) is 0. The van der Waals surface area contributed by atoms with Crippen molar-refractivity contribution >= 4 is 11.6 Å². The van der Waals surface area contributed by atoms with Gasteiger partial charge in [0.1, 0.15) is 0 Å². The first-order valence-corrected chi connectivity index (χ1v) is 8.70. The maximum atomic E-state index is 12.6. The van der Waals surface area contributed by atoms with Crippen LogP contribution in [0.2, 0.25) is 0 Å². The van der Waals surface area contributed by atoms with Crippen LogP contribution in [0.4, 0.5) is 5.69 Å². The first kappa shape index (κ1) is 16.5. The fraction of sp³-hybridized carbons (Fsp3) is 0.400. The zero-order valence-electron chi connectivity index (χ0n) is 14.5. The van der Waals surface area contributed by atoms with Crippen LogP contribution in [-0.4, -0.2) is 34.9 Å². The van der Waals surface area contributed by atoms with E-state index in [0.717, 1.165) is 38.2 Å². The zero-order valence-corrected chi connectivity index (χ0v) is 14.5. The lowest BCUT2D eigenvalue weighted by Crippen LogP contribution is -2.31. The van der Waals surface area contributed by atoms with Gasteiger partial charge in [-0.3, -0.25) is 9.78 Å². The molecule has 1 aliphatic rings. The predicted octanol–water partition coefficient (Wildman–Crippen LogP) is 3.73. The van der Waals surface area contributed by atoms with Crippen LogP contribution >= 0.6 is 0 Å². The van der Waals surface area contributed by atoms with E-state index in [2.05, 4.69) is 48.0 Å². The van der Waals surface area contributed by atoms with Gasteiger partial charge in [-0.2, -0.15) is 0 Å². The summed E-state index contributed by atoms with van der Waals surface area (Å²) >= 11 is 0. The predicted molar refractivity (Wildman–Crippen MR) is 97.1 cm³/mol. The molecule has 1 aromatic heterocycles. The number of hydrogen-bond acceptors (Lipinski definition) is 3. The second kappa shape index (κ2) is 7.47. The Bertz CT molecular complexity index is 678. The van der Waals surface area contributed by atoms with Crippen molar-refractivity contribution in [2.75, 3.05) is 18.0 Å². The van der Waals surface area contributed by atoms with Crippen molar-refractivity contribution in [2.45, 2.75) is 39.3 Å². The largest absolute Gasteiger partial charge is 0.364 e. The molecule has 0 spiro atoms. The van der Waals surface area contributed by atoms with Gasteiger partial charge in [0.25, 0.3) is 5.91 Å². The van der Waals surface area contributed by atoms with Gasteiger partial charge >= 0.3 is 0 Å². The van der Waals surface area contributed by atoms with Crippen LogP contribution in [0.5, 0.6) is 0 Å². The van der Waals surface area contributed by atoms with Crippen LogP contribution in [0.1, 0.15) is 42.6 Å².